The van der Waals surface area contributed by atoms with E-state index in [9.17, 15) is 0 Å². The van der Waals surface area contributed by atoms with Gasteiger partial charge in [0.25, 0.3) is 0 Å². The summed E-state index contributed by atoms with van der Waals surface area (Å²) in [5.74, 6) is 1.47. The number of piperidine rings is 1. The third kappa shape index (κ3) is 1.93. The number of rotatable bonds is 2. The number of aromatic nitrogens is 1. The van der Waals surface area contributed by atoms with E-state index in [2.05, 4.69) is 32.3 Å². The highest BCUT2D eigenvalue weighted by Crippen LogP contribution is 2.38. The molecule has 1 aromatic carbocycles. The number of H-pyrrole nitrogens is 1. The van der Waals surface area contributed by atoms with Crippen molar-refractivity contribution in [3.8, 4) is 5.75 Å². The van der Waals surface area contributed by atoms with Crippen molar-refractivity contribution in [1.29, 1.82) is 0 Å². The van der Waals surface area contributed by atoms with Gasteiger partial charge < -0.3 is 15.0 Å². The molecule has 2 N–H and O–H groups in total. The van der Waals surface area contributed by atoms with E-state index in [0.717, 1.165) is 24.4 Å². The van der Waals surface area contributed by atoms with Gasteiger partial charge in [0.05, 0.1) is 12.6 Å². The van der Waals surface area contributed by atoms with Crippen molar-refractivity contribution in [3.63, 3.8) is 0 Å². The van der Waals surface area contributed by atoms with Crippen molar-refractivity contribution in [3.05, 3.63) is 28.4 Å². The highest BCUT2D eigenvalue weighted by molar-refractivity contribution is 9.10. The largest absolute Gasteiger partial charge is 0.495 e. The molecule has 0 saturated carbocycles. The van der Waals surface area contributed by atoms with Crippen LogP contribution in [0.15, 0.2) is 22.7 Å². The van der Waals surface area contributed by atoms with Gasteiger partial charge in [0, 0.05) is 28.0 Å². The van der Waals surface area contributed by atoms with E-state index in [4.69, 9.17) is 4.74 Å². The van der Waals surface area contributed by atoms with Crippen LogP contribution in [-0.4, -0.2) is 25.2 Å². The summed E-state index contributed by atoms with van der Waals surface area (Å²) < 4.78 is 6.60. The van der Waals surface area contributed by atoms with Crippen LogP contribution in [-0.2, 0) is 0 Å². The Morgan fingerprint density at radius 3 is 3.00 bits per heavy atom. The zero-order valence-electron chi connectivity index (χ0n) is 10.4. The molecule has 96 valence electrons. The lowest BCUT2D eigenvalue weighted by molar-refractivity contribution is 0.418. The fourth-order valence-corrected chi connectivity index (χ4v) is 3.48. The number of nitrogens with one attached hydrogen (secondary N) is 2. The Bertz CT molecular complexity index is 558. The van der Waals surface area contributed by atoms with E-state index in [1.165, 1.54) is 28.4 Å². The summed E-state index contributed by atoms with van der Waals surface area (Å²) in [6.07, 6.45) is 2.48. The number of ether oxygens (including phenoxy) is 1. The summed E-state index contributed by atoms with van der Waals surface area (Å²) in [7, 11) is 1.71. The van der Waals surface area contributed by atoms with Crippen molar-refractivity contribution >= 4 is 26.8 Å². The molecule has 0 bridgehead atoms. The predicted octanol–water partition coefficient (Wildman–Crippen LogP) is 3.41. The number of aromatic amines is 1. The van der Waals surface area contributed by atoms with Gasteiger partial charge in [0.1, 0.15) is 5.75 Å². The van der Waals surface area contributed by atoms with Crippen LogP contribution in [0.4, 0.5) is 0 Å². The molecular weight excluding hydrogens is 292 g/mol. The second kappa shape index (κ2) is 4.94. The second-order valence-electron chi connectivity index (χ2n) is 4.78. The molecule has 3 nitrogen and oxygen atoms in total. The summed E-state index contributed by atoms with van der Waals surface area (Å²) >= 11 is 3.74. The SMILES string of the molecule is COc1cccc2c(Br)c(C3CCCNC3)[nH]c12. The van der Waals surface area contributed by atoms with Crippen LogP contribution >= 0.6 is 15.9 Å². The normalized spacial score (nSPS) is 20.2. The number of hydrogen-bond donors (Lipinski definition) is 2. The minimum absolute atomic E-state index is 0.560. The minimum atomic E-state index is 0.560. The van der Waals surface area contributed by atoms with E-state index in [0.29, 0.717) is 5.92 Å². The molecule has 0 radical (unpaired) electrons. The molecule has 2 aromatic rings. The molecule has 0 spiro atoms. The quantitative estimate of drug-likeness (QED) is 0.892. The van der Waals surface area contributed by atoms with E-state index in [1.54, 1.807) is 7.11 Å². The molecule has 2 heterocycles. The van der Waals surface area contributed by atoms with Gasteiger partial charge in [-0.05, 0) is 41.4 Å². The maximum Gasteiger partial charge on any atom is 0.142 e. The summed E-state index contributed by atoms with van der Waals surface area (Å²) in [6, 6.07) is 6.15. The maximum absolute atomic E-state index is 5.42. The average Bonchev–Trinajstić information content (AvgIpc) is 2.77. The molecular formula is C14H17BrN2O. The zero-order chi connectivity index (χ0) is 12.5. The van der Waals surface area contributed by atoms with E-state index in [-0.39, 0.29) is 0 Å². The molecule has 1 saturated heterocycles. The second-order valence-corrected chi connectivity index (χ2v) is 5.57. The summed E-state index contributed by atoms with van der Waals surface area (Å²) in [6.45, 7) is 2.19. The van der Waals surface area contributed by atoms with Crippen molar-refractivity contribution in [1.82, 2.24) is 10.3 Å². The number of hydrogen-bond acceptors (Lipinski definition) is 2. The Hall–Kier alpha value is -1.00. The van der Waals surface area contributed by atoms with Gasteiger partial charge >= 0.3 is 0 Å². The smallest absolute Gasteiger partial charge is 0.142 e. The van der Waals surface area contributed by atoms with Gasteiger partial charge in [-0.1, -0.05) is 12.1 Å². The first-order chi connectivity index (χ1) is 8.81. The highest BCUT2D eigenvalue weighted by atomic mass is 79.9. The highest BCUT2D eigenvalue weighted by Gasteiger charge is 2.21. The number of benzene rings is 1. The monoisotopic (exact) mass is 308 g/mol. The molecule has 0 aliphatic carbocycles. The van der Waals surface area contributed by atoms with Gasteiger partial charge in [-0.3, -0.25) is 0 Å². The van der Waals surface area contributed by atoms with E-state index >= 15 is 0 Å². The standard InChI is InChI=1S/C14H17BrN2O/c1-18-11-6-2-5-10-12(15)13(17-14(10)11)9-4-3-7-16-8-9/h2,5-6,9,16-17H,3-4,7-8H2,1H3. The van der Waals surface area contributed by atoms with Crippen molar-refractivity contribution in [2.24, 2.45) is 0 Å². The third-order valence-corrected chi connectivity index (χ3v) is 4.54. The minimum Gasteiger partial charge on any atom is -0.495 e. The first kappa shape index (κ1) is 12.1. The van der Waals surface area contributed by atoms with Gasteiger partial charge in [0.15, 0.2) is 0 Å². The van der Waals surface area contributed by atoms with Crippen LogP contribution < -0.4 is 10.1 Å². The number of para-hydroxylation sites is 1. The third-order valence-electron chi connectivity index (χ3n) is 3.68. The first-order valence-corrected chi connectivity index (χ1v) is 7.15. The first-order valence-electron chi connectivity index (χ1n) is 6.36. The van der Waals surface area contributed by atoms with Crippen LogP contribution in [0.1, 0.15) is 24.5 Å². The molecule has 1 aliphatic heterocycles. The molecule has 1 aliphatic rings. The fraction of sp³-hybridized carbons (Fsp3) is 0.429. The summed E-state index contributed by atoms with van der Waals surface area (Å²) in [4.78, 5) is 3.54. The van der Waals surface area contributed by atoms with Gasteiger partial charge in [-0.25, -0.2) is 0 Å². The Labute approximate surface area is 115 Å². The van der Waals surface area contributed by atoms with E-state index in [1.807, 2.05) is 12.1 Å². The maximum atomic E-state index is 5.42. The number of halogens is 1. The van der Waals surface area contributed by atoms with Crippen LogP contribution in [0.3, 0.4) is 0 Å². The Morgan fingerprint density at radius 2 is 2.28 bits per heavy atom. The summed E-state index contributed by atoms with van der Waals surface area (Å²) in [5, 5.41) is 4.67. The van der Waals surface area contributed by atoms with Crippen molar-refractivity contribution in [2.45, 2.75) is 18.8 Å². The summed E-state index contributed by atoms with van der Waals surface area (Å²) in [5.41, 5.74) is 2.38. The van der Waals surface area contributed by atoms with Gasteiger partial charge in [0.2, 0.25) is 0 Å². The van der Waals surface area contributed by atoms with E-state index < -0.39 is 0 Å². The molecule has 1 unspecified atom stereocenters. The van der Waals surface area contributed by atoms with Crippen molar-refractivity contribution < 1.29 is 4.74 Å². The zero-order valence-corrected chi connectivity index (χ0v) is 12.0. The predicted molar refractivity (Wildman–Crippen MR) is 77.4 cm³/mol. The van der Waals surface area contributed by atoms with Crippen molar-refractivity contribution in [2.75, 3.05) is 20.2 Å². The molecule has 1 fully saturated rings. The topological polar surface area (TPSA) is 37.0 Å². The molecule has 4 heteroatoms. The lowest BCUT2D eigenvalue weighted by atomic mass is 9.96. The Kier molecular flexibility index (Phi) is 3.31. The average molecular weight is 309 g/mol. The number of fused-ring (bicyclic) bond motifs is 1. The van der Waals surface area contributed by atoms with Crippen LogP contribution in [0.5, 0.6) is 5.75 Å². The van der Waals surface area contributed by atoms with Crippen LogP contribution in [0.2, 0.25) is 0 Å². The van der Waals surface area contributed by atoms with Crippen LogP contribution in [0, 0.1) is 0 Å². The molecule has 0 amide bonds. The Morgan fingerprint density at radius 1 is 1.39 bits per heavy atom. The van der Waals surface area contributed by atoms with Gasteiger partial charge in [-0.2, -0.15) is 0 Å². The number of methoxy groups -OCH3 is 1. The molecule has 1 atom stereocenters. The molecule has 1 aromatic heterocycles. The molecule has 18 heavy (non-hydrogen) atoms. The molecule has 3 rings (SSSR count). The lowest BCUT2D eigenvalue weighted by Crippen LogP contribution is -2.28. The fourth-order valence-electron chi connectivity index (χ4n) is 2.73. The van der Waals surface area contributed by atoms with Gasteiger partial charge in [-0.15, -0.1) is 0 Å². The van der Waals surface area contributed by atoms with Crippen LogP contribution in [0.25, 0.3) is 10.9 Å². The Balaban J connectivity index is 2.09. The lowest BCUT2D eigenvalue weighted by Gasteiger charge is -2.22.